The smallest absolute Gasteiger partial charge is 0.240 e. The molecular formula is C12H15N5O. The summed E-state index contributed by atoms with van der Waals surface area (Å²) in [7, 11) is 0. The number of nitrogens with zero attached hydrogens (tertiary/aromatic N) is 4. The molecule has 2 N–H and O–H groups in total. The highest BCUT2D eigenvalue weighted by molar-refractivity contribution is 5.41. The molecule has 94 valence electrons. The molecule has 0 aromatic carbocycles. The lowest BCUT2D eigenvalue weighted by molar-refractivity contribution is 0.345. The van der Waals surface area contributed by atoms with Crippen LogP contribution in [-0.2, 0) is 0 Å². The van der Waals surface area contributed by atoms with Crippen molar-refractivity contribution in [2.75, 3.05) is 0 Å². The van der Waals surface area contributed by atoms with Crippen LogP contribution in [-0.4, -0.2) is 26.2 Å². The lowest BCUT2D eigenvalue weighted by Crippen LogP contribution is -2.22. The Balaban J connectivity index is 1.87. The highest BCUT2D eigenvalue weighted by atomic mass is 16.5. The topological polar surface area (TPSA) is 90.7 Å². The van der Waals surface area contributed by atoms with Gasteiger partial charge in [-0.05, 0) is 25.3 Å². The van der Waals surface area contributed by atoms with Gasteiger partial charge in [0.05, 0.1) is 5.92 Å². The molecule has 0 saturated heterocycles. The van der Waals surface area contributed by atoms with Crippen molar-refractivity contribution in [1.29, 1.82) is 0 Å². The number of hydrogen-bond donors (Lipinski definition) is 1. The molecule has 2 heterocycles. The summed E-state index contributed by atoms with van der Waals surface area (Å²) in [6, 6.07) is 0.122. The largest absolute Gasteiger partial charge is 0.338 e. The van der Waals surface area contributed by atoms with Gasteiger partial charge in [0.25, 0.3) is 0 Å². The molecule has 18 heavy (non-hydrogen) atoms. The maximum absolute atomic E-state index is 6.02. The quantitative estimate of drug-likeness (QED) is 0.860. The molecule has 1 aliphatic rings. The van der Waals surface area contributed by atoms with Crippen molar-refractivity contribution in [3.05, 3.63) is 23.8 Å². The van der Waals surface area contributed by atoms with Crippen LogP contribution in [0.5, 0.6) is 0 Å². The van der Waals surface area contributed by atoms with Crippen LogP contribution < -0.4 is 5.73 Å². The minimum absolute atomic E-state index is 0.122. The predicted octanol–water partition coefficient (Wildman–Crippen LogP) is 1.43. The maximum Gasteiger partial charge on any atom is 0.240 e. The molecule has 2 atom stereocenters. The zero-order chi connectivity index (χ0) is 12.5. The summed E-state index contributed by atoms with van der Waals surface area (Å²) in [4.78, 5) is 12.7. The molecule has 0 aliphatic heterocycles. The van der Waals surface area contributed by atoms with Crippen LogP contribution in [0.15, 0.2) is 16.9 Å². The highest BCUT2D eigenvalue weighted by Crippen LogP contribution is 2.32. The van der Waals surface area contributed by atoms with Crippen molar-refractivity contribution in [3.63, 3.8) is 0 Å². The van der Waals surface area contributed by atoms with Gasteiger partial charge in [-0.2, -0.15) is 4.98 Å². The van der Waals surface area contributed by atoms with Gasteiger partial charge in [-0.3, -0.25) is 0 Å². The molecule has 2 aromatic heterocycles. The van der Waals surface area contributed by atoms with Crippen LogP contribution in [0.25, 0.3) is 11.6 Å². The Morgan fingerprint density at radius 2 is 2.00 bits per heavy atom. The molecule has 1 aliphatic carbocycles. The van der Waals surface area contributed by atoms with E-state index in [0.717, 1.165) is 24.8 Å². The Labute approximate surface area is 105 Å². The third-order valence-corrected chi connectivity index (χ3v) is 3.31. The second-order valence-corrected chi connectivity index (χ2v) is 4.74. The summed E-state index contributed by atoms with van der Waals surface area (Å²) >= 11 is 0. The van der Waals surface area contributed by atoms with E-state index in [0.29, 0.717) is 17.5 Å². The predicted molar refractivity (Wildman–Crippen MR) is 64.6 cm³/mol. The van der Waals surface area contributed by atoms with E-state index >= 15 is 0 Å². The zero-order valence-electron chi connectivity index (χ0n) is 10.2. The number of hydrogen-bond acceptors (Lipinski definition) is 6. The summed E-state index contributed by atoms with van der Waals surface area (Å²) in [6.07, 6.45) is 6.62. The third kappa shape index (κ3) is 1.99. The van der Waals surface area contributed by atoms with Gasteiger partial charge in [-0.15, -0.1) is 0 Å². The Hall–Kier alpha value is -1.82. The third-order valence-electron chi connectivity index (χ3n) is 3.31. The van der Waals surface area contributed by atoms with Gasteiger partial charge < -0.3 is 10.3 Å². The van der Waals surface area contributed by atoms with E-state index in [-0.39, 0.29) is 12.0 Å². The summed E-state index contributed by atoms with van der Waals surface area (Å²) in [5, 5.41) is 3.93. The summed E-state index contributed by atoms with van der Waals surface area (Å²) < 4.78 is 5.28. The van der Waals surface area contributed by atoms with E-state index in [1.54, 1.807) is 12.4 Å². The normalized spacial score (nSPS) is 23.4. The maximum atomic E-state index is 6.02. The van der Waals surface area contributed by atoms with E-state index in [1.165, 1.54) is 0 Å². The Bertz CT molecular complexity index is 536. The van der Waals surface area contributed by atoms with Gasteiger partial charge in [-0.25, -0.2) is 9.97 Å². The molecule has 1 saturated carbocycles. The fourth-order valence-electron chi connectivity index (χ4n) is 2.28. The van der Waals surface area contributed by atoms with E-state index < -0.39 is 0 Å². The van der Waals surface area contributed by atoms with E-state index in [9.17, 15) is 0 Å². The highest BCUT2D eigenvalue weighted by Gasteiger charge is 2.30. The van der Waals surface area contributed by atoms with Crippen molar-refractivity contribution >= 4 is 0 Å². The molecule has 0 bridgehead atoms. The summed E-state index contributed by atoms with van der Waals surface area (Å²) in [5.74, 6) is 1.71. The van der Waals surface area contributed by atoms with Gasteiger partial charge in [0, 0.05) is 18.4 Å². The van der Waals surface area contributed by atoms with E-state index in [2.05, 4.69) is 20.1 Å². The van der Waals surface area contributed by atoms with Crippen LogP contribution in [0.4, 0.5) is 0 Å². The van der Waals surface area contributed by atoms with E-state index in [1.807, 2.05) is 6.92 Å². The van der Waals surface area contributed by atoms with Crippen LogP contribution >= 0.6 is 0 Å². The van der Waals surface area contributed by atoms with Gasteiger partial charge in [0.15, 0.2) is 0 Å². The number of aromatic nitrogens is 4. The SMILES string of the molecule is Cc1cnc(-c2noc(C3CCCC3N)n2)nc1. The Kier molecular flexibility index (Phi) is 2.79. The molecule has 2 unspecified atom stereocenters. The lowest BCUT2D eigenvalue weighted by Gasteiger charge is -2.08. The first-order chi connectivity index (χ1) is 8.74. The Morgan fingerprint density at radius 1 is 1.22 bits per heavy atom. The first-order valence-corrected chi connectivity index (χ1v) is 6.12. The molecule has 6 heteroatoms. The fraction of sp³-hybridized carbons (Fsp3) is 0.500. The fourth-order valence-corrected chi connectivity index (χ4v) is 2.28. The molecule has 0 amide bonds. The molecule has 1 fully saturated rings. The second-order valence-electron chi connectivity index (χ2n) is 4.74. The van der Waals surface area contributed by atoms with Gasteiger partial charge in [0.1, 0.15) is 0 Å². The monoisotopic (exact) mass is 245 g/mol. The van der Waals surface area contributed by atoms with Crippen LogP contribution in [0.1, 0.15) is 36.6 Å². The number of nitrogens with two attached hydrogens (primary N) is 1. The van der Waals surface area contributed by atoms with Crippen LogP contribution in [0.2, 0.25) is 0 Å². The van der Waals surface area contributed by atoms with Gasteiger partial charge >= 0.3 is 0 Å². The molecule has 3 rings (SSSR count). The average Bonchev–Trinajstić information content (AvgIpc) is 2.98. The van der Waals surface area contributed by atoms with Crippen molar-refractivity contribution in [3.8, 4) is 11.6 Å². The first-order valence-electron chi connectivity index (χ1n) is 6.12. The molecule has 0 spiro atoms. The molecule has 2 aromatic rings. The molecule has 6 nitrogen and oxygen atoms in total. The second kappa shape index (κ2) is 4.45. The zero-order valence-corrected chi connectivity index (χ0v) is 10.2. The minimum Gasteiger partial charge on any atom is -0.338 e. The van der Waals surface area contributed by atoms with Crippen molar-refractivity contribution in [1.82, 2.24) is 20.1 Å². The van der Waals surface area contributed by atoms with Crippen molar-refractivity contribution in [2.24, 2.45) is 5.73 Å². The van der Waals surface area contributed by atoms with Gasteiger partial charge in [-0.1, -0.05) is 11.6 Å². The molecular weight excluding hydrogens is 230 g/mol. The van der Waals surface area contributed by atoms with E-state index in [4.69, 9.17) is 10.3 Å². The summed E-state index contributed by atoms with van der Waals surface area (Å²) in [5.41, 5.74) is 7.02. The van der Waals surface area contributed by atoms with Crippen molar-refractivity contribution < 1.29 is 4.52 Å². The van der Waals surface area contributed by atoms with Gasteiger partial charge in [0.2, 0.25) is 17.5 Å². The summed E-state index contributed by atoms with van der Waals surface area (Å²) in [6.45, 7) is 1.93. The first kappa shape index (κ1) is 11.3. The van der Waals surface area contributed by atoms with Crippen LogP contribution in [0.3, 0.4) is 0 Å². The Morgan fingerprint density at radius 3 is 2.67 bits per heavy atom. The van der Waals surface area contributed by atoms with Crippen molar-refractivity contribution in [2.45, 2.75) is 38.1 Å². The minimum atomic E-state index is 0.122. The average molecular weight is 245 g/mol. The van der Waals surface area contributed by atoms with Crippen LogP contribution in [0, 0.1) is 6.92 Å². The number of aryl methyl sites for hydroxylation is 1. The number of rotatable bonds is 2. The molecule has 0 radical (unpaired) electrons. The lowest BCUT2D eigenvalue weighted by atomic mass is 10.1. The standard InChI is InChI=1S/C12H15N5O/c1-7-5-14-10(15-6-7)11-16-12(18-17-11)8-3-2-4-9(8)13/h5-6,8-9H,2-4,13H2,1H3.